The fourth-order valence-corrected chi connectivity index (χ4v) is 2.78. The number of nitrogens with zero attached hydrogens (tertiary/aromatic N) is 3. The third-order valence-electron chi connectivity index (χ3n) is 4.39. The number of nitrogens with two attached hydrogens (primary N) is 1. The summed E-state index contributed by atoms with van der Waals surface area (Å²) in [5.41, 5.74) is 6.58. The Bertz CT molecular complexity index is 590. The van der Waals surface area contributed by atoms with Gasteiger partial charge in [0.05, 0.1) is 6.54 Å². The SMILES string of the molecule is CN1CCN(CCCCNC(N)=NCc2ccc(OC(F)(F)F)cc2)CC1.I. The molecule has 0 atom stereocenters. The maximum Gasteiger partial charge on any atom is 0.573 e. The highest BCUT2D eigenvalue weighted by Gasteiger charge is 2.30. The van der Waals surface area contributed by atoms with Crippen molar-refractivity contribution in [2.45, 2.75) is 25.7 Å². The molecule has 3 N–H and O–H groups in total. The lowest BCUT2D eigenvalue weighted by molar-refractivity contribution is -0.274. The highest BCUT2D eigenvalue weighted by Crippen LogP contribution is 2.22. The van der Waals surface area contributed by atoms with Crippen LogP contribution < -0.4 is 15.8 Å². The second kappa shape index (κ2) is 12.3. The number of rotatable bonds is 8. The number of benzene rings is 1. The lowest BCUT2D eigenvalue weighted by atomic mass is 10.2. The molecule has 0 saturated carbocycles. The lowest BCUT2D eigenvalue weighted by Crippen LogP contribution is -2.44. The molecule has 0 spiro atoms. The highest BCUT2D eigenvalue weighted by atomic mass is 127. The van der Waals surface area contributed by atoms with Crippen LogP contribution in [0.15, 0.2) is 29.3 Å². The molecule has 28 heavy (non-hydrogen) atoms. The second-order valence-electron chi connectivity index (χ2n) is 6.67. The van der Waals surface area contributed by atoms with E-state index < -0.39 is 6.36 Å². The van der Waals surface area contributed by atoms with Gasteiger partial charge < -0.3 is 25.6 Å². The summed E-state index contributed by atoms with van der Waals surface area (Å²) in [4.78, 5) is 9.01. The van der Waals surface area contributed by atoms with E-state index in [2.05, 4.69) is 31.9 Å². The number of unbranched alkanes of at least 4 members (excludes halogenated alkanes) is 1. The van der Waals surface area contributed by atoms with E-state index in [0.717, 1.165) is 57.7 Å². The first kappa shape index (κ1) is 24.8. The number of guanidine groups is 1. The molecular weight excluding hydrogens is 486 g/mol. The van der Waals surface area contributed by atoms with Crippen LogP contribution in [-0.4, -0.2) is 68.4 Å². The lowest BCUT2D eigenvalue weighted by Gasteiger charge is -2.32. The minimum absolute atomic E-state index is 0. The number of aliphatic imine (C=N–C) groups is 1. The third kappa shape index (κ3) is 10.3. The van der Waals surface area contributed by atoms with Crippen molar-refractivity contribution in [3.63, 3.8) is 0 Å². The summed E-state index contributed by atoms with van der Waals surface area (Å²) in [7, 11) is 2.15. The third-order valence-corrected chi connectivity index (χ3v) is 4.39. The van der Waals surface area contributed by atoms with Gasteiger partial charge in [-0.05, 0) is 44.1 Å². The van der Waals surface area contributed by atoms with E-state index in [0.29, 0.717) is 12.5 Å². The predicted octanol–water partition coefficient (Wildman–Crippen LogP) is 2.64. The normalized spacial score (nSPS) is 16.5. The fourth-order valence-electron chi connectivity index (χ4n) is 2.78. The number of hydrogen-bond acceptors (Lipinski definition) is 4. The average Bonchev–Trinajstić information content (AvgIpc) is 2.61. The van der Waals surface area contributed by atoms with E-state index in [4.69, 9.17) is 5.73 Å². The van der Waals surface area contributed by atoms with E-state index in [-0.39, 0.29) is 29.7 Å². The van der Waals surface area contributed by atoms with Gasteiger partial charge in [0.15, 0.2) is 5.96 Å². The van der Waals surface area contributed by atoms with Crippen molar-refractivity contribution in [1.29, 1.82) is 0 Å². The summed E-state index contributed by atoms with van der Waals surface area (Å²) in [6, 6.07) is 5.60. The van der Waals surface area contributed by atoms with Crippen molar-refractivity contribution in [1.82, 2.24) is 15.1 Å². The molecule has 1 aromatic rings. The van der Waals surface area contributed by atoms with Crippen LogP contribution in [0.4, 0.5) is 13.2 Å². The molecule has 0 aromatic heterocycles. The number of hydrogen-bond donors (Lipinski definition) is 2. The van der Waals surface area contributed by atoms with Crippen LogP contribution in [-0.2, 0) is 6.54 Å². The Hall–Kier alpha value is -1.27. The first-order valence-corrected chi connectivity index (χ1v) is 9.11. The Kier molecular flexibility index (Phi) is 10.9. The molecule has 1 fully saturated rings. The summed E-state index contributed by atoms with van der Waals surface area (Å²) < 4.78 is 40.2. The van der Waals surface area contributed by atoms with Crippen LogP contribution in [0.5, 0.6) is 5.75 Å². The van der Waals surface area contributed by atoms with Gasteiger partial charge in [0, 0.05) is 32.7 Å². The van der Waals surface area contributed by atoms with Gasteiger partial charge in [-0.25, -0.2) is 4.99 Å². The molecule has 0 aliphatic carbocycles. The number of ether oxygens (including phenoxy) is 1. The molecular formula is C18H29F3IN5O. The molecule has 0 amide bonds. The van der Waals surface area contributed by atoms with Gasteiger partial charge in [-0.3, -0.25) is 0 Å². The van der Waals surface area contributed by atoms with Crippen LogP contribution >= 0.6 is 24.0 Å². The van der Waals surface area contributed by atoms with Crippen LogP contribution in [0.25, 0.3) is 0 Å². The number of halogens is 4. The van der Waals surface area contributed by atoms with E-state index in [1.54, 1.807) is 0 Å². The van der Waals surface area contributed by atoms with E-state index >= 15 is 0 Å². The second-order valence-corrected chi connectivity index (χ2v) is 6.67. The van der Waals surface area contributed by atoms with Crippen molar-refractivity contribution >= 4 is 29.9 Å². The summed E-state index contributed by atoms with van der Waals surface area (Å²) in [5.74, 6) is 0.0897. The van der Waals surface area contributed by atoms with Gasteiger partial charge in [0.2, 0.25) is 0 Å². The minimum atomic E-state index is -4.68. The first-order chi connectivity index (χ1) is 12.8. The van der Waals surface area contributed by atoms with Gasteiger partial charge in [-0.2, -0.15) is 0 Å². The van der Waals surface area contributed by atoms with Crippen LogP contribution in [0, 0.1) is 0 Å². The van der Waals surface area contributed by atoms with Crippen LogP contribution in [0.1, 0.15) is 18.4 Å². The maximum absolute atomic E-state index is 12.1. The van der Waals surface area contributed by atoms with Gasteiger partial charge in [0.1, 0.15) is 5.75 Å². The molecule has 6 nitrogen and oxygen atoms in total. The van der Waals surface area contributed by atoms with Crippen molar-refractivity contribution < 1.29 is 17.9 Å². The van der Waals surface area contributed by atoms with Gasteiger partial charge in [0.25, 0.3) is 0 Å². The van der Waals surface area contributed by atoms with Crippen molar-refractivity contribution in [3.05, 3.63) is 29.8 Å². The summed E-state index contributed by atoms with van der Waals surface area (Å²) in [6.45, 7) is 6.65. The van der Waals surface area contributed by atoms with Crippen molar-refractivity contribution in [3.8, 4) is 5.75 Å². The standard InChI is InChI=1S/C18H28F3N5O.HI/c1-25-10-12-26(13-11-25)9-3-2-8-23-17(22)24-14-15-4-6-16(7-5-15)27-18(19,20)21;/h4-7H,2-3,8-14H2,1H3,(H3,22,23,24);1H. The molecule has 1 aliphatic heterocycles. The number of likely N-dealkylation sites (N-methyl/N-ethyl adjacent to an activating group) is 1. The van der Waals surface area contributed by atoms with Gasteiger partial charge >= 0.3 is 6.36 Å². The monoisotopic (exact) mass is 515 g/mol. The van der Waals surface area contributed by atoms with E-state index in [1.165, 1.54) is 24.3 Å². The molecule has 1 aliphatic rings. The molecule has 1 heterocycles. The number of alkyl halides is 3. The van der Waals surface area contributed by atoms with Crippen LogP contribution in [0.3, 0.4) is 0 Å². The molecule has 160 valence electrons. The van der Waals surface area contributed by atoms with Crippen LogP contribution in [0.2, 0.25) is 0 Å². The summed E-state index contributed by atoms with van der Waals surface area (Å²) >= 11 is 0. The number of piperazine rings is 1. The molecule has 0 bridgehead atoms. The fraction of sp³-hybridized carbons (Fsp3) is 0.611. The summed E-state index contributed by atoms with van der Waals surface area (Å²) in [6.07, 6.45) is -2.57. The molecule has 0 unspecified atom stereocenters. The Morgan fingerprint density at radius 3 is 2.39 bits per heavy atom. The maximum atomic E-state index is 12.1. The molecule has 10 heteroatoms. The molecule has 2 rings (SSSR count). The first-order valence-electron chi connectivity index (χ1n) is 9.11. The quantitative estimate of drug-likeness (QED) is 0.241. The topological polar surface area (TPSA) is 66.1 Å². The Morgan fingerprint density at radius 1 is 1.14 bits per heavy atom. The van der Waals surface area contributed by atoms with Crippen molar-refractivity contribution in [2.75, 3.05) is 46.3 Å². The molecule has 1 saturated heterocycles. The Balaban J connectivity index is 0.00000392. The highest BCUT2D eigenvalue weighted by molar-refractivity contribution is 14.0. The minimum Gasteiger partial charge on any atom is -0.406 e. The predicted molar refractivity (Wildman–Crippen MR) is 115 cm³/mol. The van der Waals surface area contributed by atoms with Gasteiger partial charge in [-0.1, -0.05) is 12.1 Å². The summed E-state index contributed by atoms with van der Waals surface area (Å²) in [5, 5.41) is 3.07. The Labute approximate surface area is 181 Å². The Morgan fingerprint density at radius 2 is 1.79 bits per heavy atom. The number of nitrogens with one attached hydrogen (secondary N) is 1. The van der Waals surface area contributed by atoms with E-state index in [1.807, 2.05) is 0 Å². The largest absolute Gasteiger partial charge is 0.573 e. The van der Waals surface area contributed by atoms with Crippen molar-refractivity contribution in [2.24, 2.45) is 10.7 Å². The molecule has 0 radical (unpaired) electrons. The zero-order valence-electron chi connectivity index (χ0n) is 16.0. The van der Waals surface area contributed by atoms with E-state index in [9.17, 15) is 13.2 Å². The van der Waals surface area contributed by atoms with Gasteiger partial charge in [-0.15, -0.1) is 37.1 Å². The molecule has 1 aromatic carbocycles. The zero-order valence-corrected chi connectivity index (χ0v) is 18.4. The average molecular weight is 515 g/mol. The zero-order chi connectivity index (χ0) is 19.7. The smallest absolute Gasteiger partial charge is 0.406 e.